The summed E-state index contributed by atoms with van der Waals surface area (Å²) in [6, 6.07) is 3.04. The predicted octanol–water partition coefficient (Wildman–Crippen LogP) is -1.84. The first kappa shape index (κ1) is 31.8. The number of aromatic amines is 1. The lowest BCUT2D eigenvalue weighted by atomic mass is 10.1. The minimum atomic E-state index is -5.00. The Hall–Kier alpha value is -2.79. The fourth-order valence-corrected chi connectivity index (χ4v) is 8.18. The van der Waals surface area contributed by atoms with Gasteiger partial charge < -0.3 is 65.6 Å². The van der Waals surface area contributed by atoms with Gasteiger partial charge in [0.15, 0.2) is 24.1 Å². The number of ether oxygens (including phenoxy) is 2. The molecule has 4 aliphatic rings. The number of nitrogen functional groups attached to an aromatic ring is 1. The molecule has 0 aromatic carbocycles. The van der Waals surface area contributed by atoms with Gasteiger partial charge in [0, 0.05) is 18.0 Å². The van der Waals surface area contributed by atoms with Crippen LogP contribution in [0.3, 0.4) is 0 Å². The number of guanidine groups is 1. The number of nitrogens with one attached hydrogen (secondary N) is 2. The van der Waals surface area contributed by atoms with E-state index in [1.54, 1.807) is 6.07 Å². The van der Waals surface area contributed by atoms with Crippen molar-refractivity contribution in [2.24, 2.45) is 16.5 Å². The summed E-state index contributed by atoms with van der Waals surface area (Å²) >= 11 is 5.25. The molecule has 0 saturated carbocycles. The molecule has 46 heavy (non-hydrogen) atoms. The number of hydrogen-bond donors (Lipinski definition) is 9. The maximum atomic E-state index is 13.2. The van der Waals surface area contributed by atoms with Crippen molar-refractivity contribution < 1.29 is 52.1 Å². The van der Waals surface area contributed by atoms with Crippen molar-refractivity contribution in [1.82, 2.24) is 19.1 Å². The molecule has 0 amide bonds. The van der Waals surface area contributed by atoms with Crippen molar-refractivity contribution >= 4 is 55.1 Å². The molecule has 250 valence electrons. The fourth-order valence-electron chi connectivity index (χ4n) is 5.80. The summed E-state index contributed by atoms with van der Waals surface area (Å²) in [6.45, 7) is -5.59. The minimum Gasteiger partial charge on any atom is -0.387 e. The second-order valence-electron chi connectivity index (χ2n) is 10.8. The fraction of sp³-hybridized carbons (Fsp3) is 0.500. The van der Waals surface area contributed by atoms with Gasteiger partial charge >= 0.3 is 14.5 Å². The van der Waals surface area contributed by atoms with Crippen LogP contribution in [0, 0.1) is 0 Å². The largest absolute Gasteiger partial charge is 0.472 e. The van der Waals surface area contributed by atoms with E-state index in [9.17, 15) is 29.4 Å². The zero-order chi connectivity index (χ0) is 32.7. The lowest BCUT2D eigenvalue weighted by Crippen LogP contribution is -2.37. The van der Waals surface area contributed by atoms with E-state index >= 15 is 0 Å². The SMILES string of the molecule is NC1=NC(N)c2ccn([C@@H]3O[C@@H]4COP(O)(=S)OC5[C@@H](O)[C@@H](COP(=O)(O)OC4[C@@H]3O)O[C@H]5n3ccc4c(=O)[nH]c(N)nc43)c2N1. The van der Waals surface area contributed by atoms with Gasteiger partial charge in [-0.3, -0.25) is 23.3 Å². The third kappa shape index (κ3) is 5.59. The van der Waals surface area contributed by atoms with Gasteiger partial charge in [0.05, 0.1) is 18.6 Å². The van der Waals surface area contributed by atoms with Crippen LogP contribution in [-0.4, -0.2) is 94.9 Å². The molecule has 7 heterocycles. The Morgan fingerprint density at radius 2 is 1.70 bits per heavy atom. The highest BCUT2D eigenvalue weighted by molar-refractivity contribution is 8.07. The Kier molecular flexibility index (Phi) is 7.90. The highest BCUT2D eigenvalue weighted by atomic mass is 32.5. The number of aliphatic imine (C=N–C) groups is 1. The Bertz CT molecular complexity index is 1870. The van der Waals surface area contributed by atoms with Gasteiger partial charge in [-0.1, -0.05) is 0 Å². The van der Waals surface area contributed by atoms with Crippen LogP contribution in [0.4, 0.5) is 11.8 Å². The summed E-state index contributed by atoms with van der Waals surface area (Å²) < 4.78 is 49.7. The monoisotopic (exact) mass is 705 g/mol. The Balaban J connectivity index is 1.19. The maximum Gasteiger partial charge on any atom is 0.472 e. The molecule has 24 heteroatoms. The van der Waals surface area contributed by atoms with Crippen LogP contribution in [0.2, 0.25) is 0 Å². The molecular formula is C22H29N9O12P2S. The number of anilines is 2. The van der Waals surface area contributed by atoms with E-state index in [1.165, 1.54) is 27.6 Å². The van der Waals surface area contributed by atoms with Crippen molar-refractivity contribution in [2.75, 3.05) is 24.3 Å². The summed E-state index contributed by atoms with van der Waals surface area (Å²) in [5.74, 6) is 0.159. The van der Waals surface area contributed by atoms with E-state index in [-0.39, 0.29) is 22.9 Å². The lowest BCUT2D eigenvalue weighted by Gasteiger charge is -2.27. The summed E-state index contributed by atoms with van der Waals surface area (Å²) in [5.41, 5.74) is 17.6. The average molecular weight is 706 g/mol. The summed E-state index contributed by atoms with van der Waals surface area (Å²) in [5, 5.41) is 25.4. The molecule has 3 fully saturated rings. The number of phosphoric acid groups is 1. The second-order valence-corrected chi connectivity index (χ2v) is 15.0. The summed E-state index contributed by atoms with van der Waals surface area (Å²) in [7, 11) is -5.00. The van der Waals surface area contributed by atoms with E-state index in [1.807, 2.05) is 0 Å². The molecule has 3 aromatic heterocycles. The highest BCUT2D eigenvalue weighted by Crippen LogP contribution is 2.54. The van der Waals surface area contributed by atoms with Gasteiger partial charge in [0.2, 0.25) is 5.95 Å². The Labute approximate surface area is 262 Å². The van der Waals surface area contributed by atoms with E-state index in [4.69, 9.17) is 56.6 Å². The number of aromatic nitrogens is 4. The molecule has 0 aliphatic carbocycles. The van der Waals surface area contributed by atoms with Gasteiger partial charge in [-0.2, -0.15) is 4.98 Å². The normalized spacial score (nSPS) is 39.8. The van der Waals surface area contributed by atoms with Crippen LogP contribution in [0.5, 0.6) is 0 Å². The molecule has 12 N–H and O–H groups in total. The number of aliphatic hydroxyl groups is 2. The first-order valence-corrected chi connectivity index (χ1v) is 17.7. The van der Waals surface area contributed by atoms with E-state index in [0.29, 0.717) is 11.4 Å². The molecular weight excluding hydrogens is 676 g/mol. The standard InChI is InChI=1S/C22H29N9O12P2S/c23-15-7-1-3-30(16(7)27-21(24)26-15)19-12(33)13-10(41-19)6-39-45(37,46)43-14-11(32)9(5-38-44(35,36)42-13)40-20(14)31-4-2-8-17(31)28-22(25)29-18(8)34/h1-4,9-15,19-20,32-33H,5-6,23H2,(H,35,36)(H,37,46)(H3,24,26,27)(H3,25,28,29,34)/t9-,10-,11+,12+,13?,14?,15?,19-,20-,45?/m1/s1. The number of aliphatic hydroxyl groups excluding tert-OH is 2. The van der Waals surface area contributed by atoms with Crippen molar-refractivity contribution in [2.45, 2.75) is 55.2 Å². The number of phosphoric ester groups is 1. The second kappa shape index (κ2) is 11.4. The number of H-pyrrole nitrogens is 1. The van der Waals surface area contributed by atoms with Crippen molar-refractivity contribution in [3.63, 3.8) is 0 Å². The van der Waals surface area contributed by atoms with Gasteiger partial charge in [0.1, 0.15) is 48.6 Å². The number of nitrogens with zero attached hydrogens (tertiary/aromatic N) is 4. The van der Waals surface area contributed by atoms with Gasteiger partial charge in [-0.15, -0.1) is 0 Å². The van der Waals surface area contributed by atoms with Gasteiger partial charge in [-0.25, -0.2) is 9.56 Å². The van der Waals surface area contributed by atoms with E-state index in [0.717, 1.165) is 0 Å². The highest BCUT2D eigenvalue weighted by Gasteiger charge is 2.53. The molecule has 3 aromatic rings. The topological polar surface area (TPSA) is 311 Å². The predicted molar refractivity (Wildman–Crippen MR) is 159 cm³/mol. The Morgan fingerprint density at radius 1 is 0.978 bits per heavy atom. The smallest absolute Gasteiger partial charge is 0.387 e. The number of nitrogens with two attached hydrogens (primary N) is 3. The van der Waals surface area contributed by atoms with Crippen molar-refractivity contribution in [1.29, 1.82) is 0 Å². The van der Waals surface area contributed by atoms with Gasteiger partial charge in [-0.05, 0) is 23.9 Å². The molecule has 3 saturated heterocycles. The molecule has 5 unspecified atom stereocenters. The summed E-state index contributed by atoms with van der Waals surface area (Å²) in [4.78, 5) is 44.7. The molecule has 0 spiro atoms. The van der Waals surface area contributed by atoms with Gasteiger partial charge in [0.25, 0.3) is 5.56 Å². The third-order valence-electron chi connectivity index (χ3n) is 7.87. The van der Waals surface area contributed by atoms with E-state index in [2.05, 4.69) is 20.3 Å². The molecule has 2 bridgehead atoms. The maximum absolute atomic E-state index is 13.2. The molecule has 21 nitrogen and oxygen atoms in total. The first-order valence-electron chi connectivity index (χ1n) is 13.6. The van der Waals surface area contributed by atoms with Crippen LogP contribution >= 0.6 is 14.5 Å². The Morgan fingerprint density at radius 3 is 2.48 bits per heavy atom. The lowest BCUT2D eigenvalue weighted by molar-refractivity contribution is -0.0635. The average Bonchev–Trinajstić information content (AvgIpc) is 3.72. The molecule has 4 aliphatic heterocycles. The minimum absolute atomic E-state index is 0.0113. The van der Waals surface area contributed by atoms with Crippen LogP contribution in [-0.2, 0) is 43.9 Å². The number of rotatable bonds is 2. The quantitative estimate of drug-likeness (QED) is 0.132. The number of fused-ring (bicyclic) bond motifs is 5. The van der Waals surface area contributed by atoms with Crippen LogP contribution < -0.4 is 28.1 Å². The number of hydrogen-bond acceptors (Lipinski definition) is 17. The zero-order valence-electron chi connectivity index (χ0n) is 23.3. The van der Waals surface area contributed by atoms with Crippen LogP contribution in [0.15, 0.2) is 34.3 Å². The summed E-state index contributed by atoms with van der Waals surface area (Å²) in [6.07, 6.45) is -9.31. The zero-order valence-corrected chi connectivity index (χ0v) is 25.9. The van der Waals surface area contributed by atoms with E-state index < -0.39 is 88.6 Å². The van der Waals surface area contributed by atoms with Crippen LogP contribution in [0.25, 0.3) is 11.0 Å². The first-order chi connectivity index (χ1) is 21.7. The van der Waals surface area contributed by atoms with Crippen molar-refractivity contribution in [3.8, 4) is 0 Å². The van der Waals surface area contributed by atoms with Crippen LogP contribution in [0.1, 0.15) is 24.2 Å². The third-order valence-corrected chi connectivity index (χ3v) is 10.4. The molecule has 7 rings (SSSR count). The van der Waals surface area contributed by atoms with Crippen molar-refractivity contribution in [3.05, 3.63) is 40.4 Å². The molecule has 0 radical (unpaired) electrons. The molecule has 11 atom stereocenters.